The number of nitrogens with zero attached hydrogens (tertiary/aromatic N) is 2. The fourth-order valence-corrected chi connectivity index (χ4v) is 3.78. The van der Waals surface area contributed by atoms with E-state index in [2.05, 4.69) is 15.3 Å². The first-order valence-corrected chi connectivity index (χ1v) is 9.62. The summed E-state index contributed by atoms with van der Waals surface area (Å²) in [7, 11) is 0. The number of anilines is 2. The van der Waals surface area contributed by atoms with E-state index in [1.165, 1.54) is 6.20 Å². The molecule has 0 atom stereocenters. The van der Waals surface area contributed by atoms with Gasteiger partial charge in [-0.15, -0.1) is 11.3 Å². The zero-order valence-corrected chi connectivity index (χ0v) is 16.0. The van der Waals surface area contributed by atoms with E-state index in [1.807, 2.05) is 18.2 Å². The van der Waals surface area contributed by atoms with Crippen LogP contribution in [0.1, 0.15) is 17.5 Å². The lowest BCUT2D eigenvalue weighted by molar-refractivity contribution is -0.132. The quantitative estimate of drug-likeness (QED) is 0.659. The average molecular weight is 394 g/mol. The molecule has 3 aromatic rings. The van der Waals surface area contributed by atoms with Crippen LogP contribution in [0.25, 0.3) is 15.8 Å². The van der Waals surface area contributed by atoms with Gasteiger partial charge in [-0.3, -0.25) is 9.59 Å². The first-order chi connectivity index (χ1) is 13.5. The summed E-state index contributed by atoms with van der Waals surface area (Å²) in [5.74, 6) is -0.877. The molecule has 3 N–H and O–H groups in total. The molecule has 1 aliphatic rings. The Morgan fingerprint density at radius 2 is 2.11 bits per heavy atom. The second-order valence-electron chi connectivity index (χ2n) is 6.50. The van der Waals surface area contributed by atoms with E-state index in [9.17, 15) is 9.59 Å². The molecule has 7 nitrogen and oxygen atoms in total. The molecular formula is C20H18N4O3S. The molecule has 0 aliphatic carbocycles. The number of hydrogen-bond donors (Lipinski definition) is 2. The second-order valence-corrected chi connectivity index (χ2v) is 7.39. The number of aromatic nitrogens is 2. The van der Waals surface area contributed by atoms with Gasteiger partial charge in [0.15, 0.2) is 0 Å². The van der Waals surface area contributed by atoms with Crippen molar-refractivity contribution < 1.29 is 14.3 Å². The SMILES string of the molecule is Cc1cc(NC(=O)C(=O)C2=C(c3ccc4scnc4c3)COCC2)cnc1N. The highest BCUT2D eigenvalue weighted by molar-refractivity contribution is 7.16. The third-order valence-corrected chi connectivity index (χ3v) is 5.45. The molecule has 0 fully saturated rings. The number of nitrogens with two attached hydrogens (primary N) is 1. The lowest BCUT2D eigenvalue weighted by Gasteiger charge is -2.20. The molecule has 3 heterocycles. The summed E-state index contributed by atoms with van der Waals surface area (Å²) in [6.07, 6.45) is 1.82. The van der Waals surface area contributed by atoms with Crippen LogP contribution in [-0.2, 0) is 14.3 Å². The molecule has 28 heavy (non-hydrogen) atoms. The number of thiazole rings is 1. The topological polar surface area (TPSA) is 107 Å². The number of amides is 1. The van der Waals surface area contributed by atoms with Gasteiger partial charge < -0.3 is 15.8 Å². The van der Waals surface area contributed by atoms with Crippen LogP contribution in [0.2, 0.25) is 0 Å². The predicted octanol–water partition coefficient (Wildman–Crippen LogP) is 2.96. The van der Waals surface area contributed by atoms with Crippen LogP contribution in [0, 0.1) is 6.92 Å². The van der Waals surface area contributed by atoms with E-state index >= 15 is 0 Å². The van der Waals surface area contributed by atoms with Crippen molar-refractivity contribution in [3.8, 4) is 0 Å². The van der Waals surface area contributed by atoms with Gasteiger partial charge in [-0.25, -0.2) is 9.97 Å². The van der Waals surface area contributed by atoms with Crippen LogP contribution in [0.5, 0.6) is 0 Å². The molecular weight excluding hydrogens is 376 g/mol. The third kappa shape index (κ3) is 3.51. The van der Waals surface area contributed by atoms with Crippen LogP contribution in [-0.4, -0.2) is 34.9 Å². The molecule has 0 radical (unpaired) electrons. The maximum atomic E-state index is 12.9. The lowest BCUT2D eigenvalue weighted by atomic mass is 9.93. The van der Waals surface area contributed by atoms with Crippen LogP contribution >= 0.6 is 11.3 Å². The zero-order valence-electron chi connectivity index (χ0n) is 15.2. The Bertz CT molecular complexity index is 1120. The number of hydrogen-bond acceptors (Lipinski definition) is 7. The van der Waals surface area contributed by atoms with E-state index in [0.29, 0.717) is 30.1 Å². The minimum absolute atomic E-state index is 0.284. The van der Waals surface area contributed by atoms with Crippen molar-refractivity contribution in [1.29, 1.82) is 0 Å². The maximum absolute atomic E-state index is 12.9. The van der Waals surface area contributed by atoms with Crippen molar-refractivity contribution in [3.05, 3.63) is 52.7 Å². The van der Waals surface area contributed by atoms with Crippen LogP contribution in [0.4, 0.5) is 11.5 Å². The Balaban J connectivity index is 1.64. The highest BCUT2D eigenvalue weighted by atomic mass is 32.1. The Morgan fingerprint density at radius 3 is 2.93 bits per heavy atom. The Hall–Kier alpha value is -3.10. The molecule has 142 valence electrons. The van der Waals surface area contributed by atoms with Crippen molar-refractivity contribution in [1.82, 2.24) is 9.97 Å². The average Bonchev–Trinajstić information content (AvgIpc) is 3.18. The van der Waals surface area contributed by atoms with Crippen LogP contribution in [0.15, 0.2) is 41.5 Å². The van der Waals surface area contributed by atoms with Gasteiger partial charge in [0, 0.05) is 12.0 Å². The predicted molar refractivity (Wildman–Crippen MR) is 109 cm³/mol. The first kappa shape index (κ1) is 18.3. The molecule has 1 aromatic carbocycles. The molecule has 0 unspecified atom stereocenters. The molecule has 8 heteroatoms. The van der Waals surface area contributed by atoms with Gasteiger partial charge in [-0.05, 0) is 41.8 Å². The minimum Gasteiger partial charge on any atom is -0.383 e. The standard InChI is InChI=1S/C20H18N4O3S/c1-11-6-13(8-22-19(11)21)24-20(26)18(25)14-4-5-27-9-15(14)12-2-3-17-16(7-12)23-10-28-17/h2-3,6-8,10H,4-5,9H2,1H3,(H2,21,22)(H,24,26). The number of benzene rings is 1. The summed E-state index contributed by atoms with van der Waals surface area (Å²) < 4.78 is 6.62. The molecule has 0 saturated heterocycles. The second kappa shape index (κ2) is 7.49. The smallest absolute Gasteiger partial charge is 0.296 e. The molecule has 4 rings (SSSR count). The number of rotatable bonds is 4. The lowest BCUT2D eigenvalue weighted by Crippen LogP contribution is -2.28. The Morgan fingerprint density at radius 1 is 1.25 bits per heavy atom. The fourth-order valence-electron chi connectivity index (χ4n) is 3.12. The highest BCUT2D eigenvalue weighted by Gasteiger charge is 2.26. The summed E-state index contributed by atoms with van der Waals surface area (Å²) in [6.45, 7) is 2.47. The number of nitrogen functional groups attached to an aromatic ring is 1. The summed E-state index contributed by atoms with van der Waals surface area (Å²) in [5.41, 5.74) is 11.5. The summed E-state index contributed by atoms with van der Waals surface area (Å²) >= 11 is 1.55. The highest BCUT2D eigenvalue weighted by Crippen LogP contribution is 2.29. The monoisotopic (exact) mass is 394 g/mol. The third-order valence-electron chi connectivity index (χ3n) is 4.64. The van der Waals surface area contributed by atoms with Gasteiger partial charge in [0.2, 0.25) is 5.78 Å². The van der Waals surface area contributed by atoms with Gasteiger partial charge in [0.1, 0.15) is 5.82 Å². The largest absolute Gasteiger partial charge is 0.383 e. The van der Waals surface area contributed by atoms with Crippen molar-refractivity contribution >= 4 is 50.3 Å². The zero-order chi connectivity index (χ0) is 19.7. The fraction of sp³-hybridized carbons (Fsp3) is 0.200. The summed E-state index contributed by atoms with van der Waals surface area (Å²) in [4.78, 5) is 33.7. The van der Waals surface area contributed by atoms with Crippen molar-refractivity contribution in [3.63, 3.8) is 0 Å². The molecule has 0 bridgehead atoms. The number of carbonyl (C=O) groups is 2. The van der Waals surface area contributed by atoms with Gasteiger partial charge >= 0.3 is 0 Å². The normalized spacial score (nSPS) is 14.3. The molecule has 1 amide bonds. The maximum Gasteiger partial charge on any atom is 0.296 e. The Kier molecular flexibility index (Phi) is 4.89. The van der Waals surface area contributed by atoms with Gasteiger partial charge in [-0.2, -0.15) is 0 Å². The Labute approximate surface area is 165 Å². The number of aryl methyl sites for hydroxylation is 1. The van der Waals surface area contributed by atoms with E-state index in [0.717, 1.165) is 26.9 Å². The van der Waals surface area contributed by atoms with Gasteiger partial charge in [0.05, 0.1) is 40.8 Å². The van der Waals surface area contributed by atoms with Gasteiger partial charge in [-0.1, -0.05) is 6.07 Å². The van der Waals surface area contributed by atoms with Crippen LogP contribution < -0.4 is 11.1 Å². The van der Waals surface area contributed by atoms with E-state index in [4.69, 9.17) is 10.5 Å². The number of ether oxygens (including phenoxy) is 1. The molecule has 1 aliphatic heterocycles. The number of ketones is 1. The number of pyridine rings is 1. The number of nitrogens with one attached hydrogen (secondary N) is 1. The summed E-state index contributed by atoms with van der Waals surface area (Å²) in [6, 6.07) is 7.51. The summed E-state index contributed by atoms with van der Waals surface area (Å²) in [5, 5.41) is 2.61. The van der Waals surface area contributed by atoms with Crippen molar-refractivity contribution in [2.45, 2.75) is 13.3 Å². The van der Waals surface area contributed by atoms with E-state index < -0.39 is 11.7 Å². The molecule has 2 aromatic heterocycles. The number of Topliss-reactive ketones (excluding diaryl/α,β-unsaturated/α-hetero) is 1. The number of carbonyl (C=O) groups excluding carboxylic acids is 2. The molecule has 0 spiro atoms. The van der Waals surface area contributed by atoms with Gasteiger partial charge in [0.25, 0.3) is 5.91 Å². The van der Waals surface area contributed by atoms with Crippen molar-refractivity contribution in [2.24, 2.45) is 0 Å². The molecule has 0 saturated carbocycles. The first-order valence-electron chi connectivity index (χ1n) is 8.74. The minimum atomic E-state index is -0.699. The van der Waals surface area contributed by atoms with E-state index in [1.54, 1.807) is 29.8 Å². The van der Waals surface area contributed by atoms with Crippen molar-refractivity contribution in [2.75, 3.05) is 24.3 Å². The van der Waals surface area contributed by atoms with E-state index in [-0.39, 0.29) is 6.61 Å². The number of fused-ring (bicyclic) bond motifs is 1. The van der Waals surface area contributed by atoms with Crippen LogP contribution in [0.3, 0.4) is 0 Å².